The van der Waals surface area contributed by atoms with Crippen LogP contribution in [0.4, 0.5) is 4.39 Å². The Labute approximate surface area is 80.3 Å². The van der Waals surface area contributed by atoms with Gasteiger partial charge in [0.25, 0.3) is 0 Å². The summed E-state index contributed by atoms with van der Waals surface area (Å²) in [6.07, 6.45) is 0. The Morgan fingerprint density at radius 1 is 1.62 bits per heavy atom. The predicted octanol–water partition coefficient (Wildman–Crippen LogP) is 2.31. The van der Waals surface area contributed by atoms with E-state index in [1.54, 1.807) is 0 Å². The van der Waals surface area contributed by atoms with Gasteiger partial charge in [0.05, 0.1) is 5.02 Å². The minimum atomic E-state index is -0.532. The zero-order valence-corrected chi connectivity index (χ0v) is 7.77. The molecule has 0 aliphatic rings. The van der Waals surface area contributed by atoms with Gasteiger partial charge in [-0.15, -0.1) is 0 Å². The number of rotatable bonds is 3. The first-order valence-electron chi connectivity index (χ1n) is 3.62. The van der Waals surface area contributed by atoms with E-state index in [0.717, 1.165) is 6.07 Å². The average molecular weight is 203 g/mol. The van der Waals surface area contributed by atoms with Crippen molar-refractivity contribution in [3.8, 4) is 0 Å². The summed E-state index contributed by atoms with van der Waals surface area (Å²) >= 11 is 5.49. The molecule has 0 N–H and O–H groups in total. The molecule has 0 aliphatic carbocycles. The van der Waals surface area contributed by atoms with Crippen molar-refractivity contribution in [2.75, 3.05) is 13.7 Å². The summed E-state index contributed by atoms with van der Waals surface area (Å²) in [7, 11) is 1.42. The normalized spacial score (nSPS) is 10.1. The van der Waals surface area contributed by atoms with Gasteiger partial charge in [-0.2, -0.15) is 0 Å². The molecule has 0 bridgehead atoms. The number of methoxy groups -OCH3 is 1. The SMILES string of the molecule is COCC(=O)c1ccc(F)c(Cl)c1. The number of ketones is 1. The van der Waals surface area contributed by atoms with Crippen LogP contribution in [-0.2, 0) is 4.74 Å². The molecule has 0 radical (unpaired) electrons. The Balaban J connectivity index is 2.90. The molecule has 0 aromatic heterocycles. The largest absolute Gasteiger partial charge is 0.377 e. The molecule has 0 amide bonds. The fraction of sp³-hybridized carbons (Fsp3) is 0.222. The zero-order valence-electron chi connectivity index (χ0n) is 7.01. The summed E-state index contributed by atoms with van der Waals surface area (Å²) in [5, 5.41) is -0.0537. The molecule has 0 aliphatic heterocycles. The van der Waals surface area contributed by atoms with E-state index in [2.05, 4.69) is 4.74 Å². The highest BCUT2D eigenvalue weighted by Crippen LogP contribution is 2.16. The summed E-state index contributed by atoms with van der Waals surface area (Å²) in [5.74, 6) is -0.750. The molecule has 1 aromatic carbocycles. The summed E-state index contributed by atoms with van der Waals surface area (Å²) in [6, 6.07) is 3.83. The molecule has 13 heavy (non-hydrogen) atoms. The first-order valence-corrected chi connectivity index (χ1v) is 4.00. The van der Waals surface area contributed by atoms with Crippen molar-refractivity contribution < 1.29 is 13.9 Å². The molecule has 0 fully saturated rings. The lowest BCUT2D eigenvalue weighted by Crippen LogP contribution is -2.06. The number of Topliss-reactive ketones (excluding diaryl/α,β-unsaturated/α-hetero) is 1. The molecule has 2 nitrogen and oxygen atoms in total. The van der Waals surface area contributed by atoms with Crippen LogP contribution in [0.5, 0.6) is 0 Å². The molecule has 0 spiro atoms. The topological polar surface area (TPSA) is 26.3 Å². The van der Waals surface area contributed by atoms with Crippen molar-refractivity contribution in [1.82, 2.24) is 0 Å². The summed E-state index contributed by atoms with van der Waals surface area (Å²) < 4.78 is 17.3. The van der Waals surface area contributed by atoms with Crippen molar-refractivity contribution in [1.29, 1.82) is 0 Å². The van der Waals surface area contributed by atoms with Gasteiger partial charge in [0.2, 0.25) is 0 Å². The number of benzene rings is 1. The highest BCUT2D eigenvalue weighted by atomic mass is 35.5. The van der Waals surface area contributed by atoms with Gasteiger partial charge in [-0.25, -0.2) is 4.39 Å². The fourth-order valence-electron chi connectivity index (χ4n) is 0.884. The maximum absolute atomic E-state index is 12.7. The highest BCUT2D eigenvalue weighted by molar-refractivity contribution is 6.31. The van der Waals surface area contributed by atoms with Crippen LogP contribution in [0.3, 0.4) is 0 Å². The van der Waals surface area contributed by atoms with E-state index in [0.29, 0.717) is 5.56 Å². The molecule has 0 saturated heterocycles. The summed E-state index contributed by atoms with van der Waals surface area (Å²) in [5.41, 5.74) is 0.355. The quantitative estimate of drug-likeness (QED) is 0.704. The summed E-state index contributed by atoms with van der Waals surface area (Å²) in [6.45, 7) is -0.0258. The average Bonchev–Trinajstić information content (AvgIpc) is 2.10. The predicted molar refractivity (Wildman–Crippen MR) is 47.6 cm³/mol. The van der Waals surface area contributed by atoms with Crippen molar-refractivity contribution in [2.45, 2.75) is 0 Å². The van der Waals surface area contributed by atoms with Gasteiger partial charge in [0.15, 0.2) is 5.78 Å². The fourth-order valence-corrected chi connectivity index (χ4v) is 1.06. The van der Waals surface area contributed by atoms with Gasteiger partial charge < -0.3 is 4.74 Å². The monoisotopic (exact) mass is 202 g/mol. The van der Waals surface area contributed by atoms with Gasteiger partial charge >= 0.3 is 0 Å². The van der Waals surface area contributed by atoms with E-state index in [4.69, 9.17) is 11.6 Å². The Kier molecular flexibility index (Phi) is 3.39. The number of ether oxygens (including phenoxy) is 1. The van der Waals surface area contributed by atoms with Gasteiger partial charge in [-0.05, 0) is 18.2 Å². The first-order chi connectivity index (χ1) is 6.15. The van der Waals surface area contributed by atoms with Crippen molar-refractivity contribution in [3.05, 3.63) is 34.6 Å². The van der Waals surface area contributed by atoms with Gasteiger partial charge in [0, 0.05) is 12.7 Å². The van der Waals surface area contributed by atoms with Gasteiger partial charge in [-0.3, -0.25) is 4.79 Å². The van der Waals surface area contributed by atoms with Crippen LogP contribution in [0.25, 0.3) is 0 Å². The van der Waals surface area contributed by atoms with E-state index in [1.807, 2.05) is 0 Å². The maximum Gasteiger partial charge on any atom is 0.188 e. The van der Waals surface area contributed by atoms with E-state index >= 15 is 0 Å². The van der Waals surface area contributed by atoms with Crippen LogP contribution >= 0.6 is 11.6 Å². The second kappa shape index (κ2) is 4.35. The van der Waals surface area contributed by atoms with E-state index in [-0.39, 0.29) is 17.4 Å². The standard InChI is InChI=1S/C9H8ClFO2/c1-13-5-9(12)6-2-3-8(11)7(10)4-6/h2-4H,5H2,1H3. The first kappa shape index (κ1) is 10.2. The Bertz CT molecular complexity index is 325. The van der Waals surface area contributed by atoms with Crippen LogP contribution in [0, 0.1) is 5.82 Å². The molecule has 4 heteroatoms. The van der Waals surface area contributed by atoms with Crippen LogP contribution in [0.15, 0.2) is 18.2 Å². The minimum absolute atomic E-state index is 0.0258. The Morgan fingerprint density at radius 3 is 2.85 bits per heavy atom. The lowest BCUT2D eigenvalue weighted by atomic mass is 10.1. The third kappa shape index (κ3) is 2.50. The summed E-state index contributed by atoms with van der Waals surface area (Å²) in [4.78, 5) is 11.2. The Morgan fingerprint density at radius 2 is 2.31 bits per heavy atom. The Hall–Kier alpha value is -0.930. The number of halogens is 2. The number of carbonyl (C=O) groups is 1. The molecule has 1 rings (SSSR count). The van der Waals surface area contributed by atoms with Crippen LogP contribution in [0.2, 0.25) is 5.02 Å². The highest BCUT2D eigenvalue weighted by Gasteiger charge is 2.07. The van der Waals surface area contributed by atoms with Crippen molar-refractivity contribution in [3.63, 3.8) is 0 Å². The van der Waals surface area contributed by atoms with Crippen molar-refractivity contribution >= 4 is 17.4 Å². The number of hydrogen-bond donors (Lipinski definition) is 0. The molecule has 70 valence electrons. The van der Waals surface area contributed by atoms with E-state index in [1.165, 1.54) is 19.2 Å². The van der Waals surface area contributed by atoms with Crippen LogP contribution < -0.4 is 0 Å². The van der Waals surface area contributed by atoms with E-state index < -0.39 is 5.82 Å². The molecular formula is C9H8ClFO2. The van der Waals surface area contributed by atoms with Gasteiger partial charge in [-0.1, -0.05) is 11.6 Å². The minimum Gasteiger partial charge on any atom is -0.377 e. The lowest BCUT2D eigenvalue weighted by molar-refractivity contribution is 0.0848. The smallest absolute Gasteiger partial charge is 0.188 e. The second-order valence-corrected chi connectivity index (χ2v) is 2.89. The third-order valence-corrected chi connectivity index (χ3v) is 1.81. The molecule has 0 atom stereocenters. The molecule has 0 heterocycles. The molecular weight excluding hydrogens is 195 g/mol. The lowest BCUT2D eigenvalue weighted by Gasteiger charge is -2.00. The van der Waals surface area contributed by atoms with Crippen LogP contribution in [-0.4, -0.2) is 19.5 Å². The van der Waals surface area contributed by atoms with Gasteiger partial charge in [0.1, 0.15) is 12.4 Å². The molecule has 0 unspecified atom stereocenters. The number of hydrogen-bond acceptors (Lipinski definition) is 2. The van der Waals surface area contributed by atoms with Crippen molar-refractivity contribution in [2.24, 2.45) is 0 Å². The molecule has 0 saturated carbocycles. The maximum atomic E-state index is 12.7. The van der Waals surface area contributed by atoms with E-state index in [9.17, 15) is 9.18 Å². The zero-order chi connectivity index (χ0) is 9.84. The second-order valence-electron chi connectivity index (χ2n) is 2.49. The number of carbonyl (C=O) groups excluding carboxylic acids is 1. The third-order valence-electron chi connectivity index (χ3n) is 1.52. The van der Waals surface area contributed by atoms with Crippen LogP contribution in [0.1, 0.15) is 10.4 Å². The molecule has 1 aromatic rings.